The van der Waals surface area contributed by atoms with Crippen molar-refractivity contribution in [2.75, 3.05) is 7.11 Å². The zero-order valence-corrected chi connectivity index (χ0v) is 11.2. The fourth-order valence-electron chi connectivity index (χ4n) is 1.40. The van der Waals surface area contributed by atoms with E-state index in [-0.39, 0.29) is 0 Å². The monoisotopic (exact) mass is 268 g/mol. The van der Waals surface area contributed by atoms with Gasteiger partial charge in [0.25, 0.3) is 0 Å². The van der Waals surface area contributed by atoms with Crippen LogP contribution in [-0.4, -0.2) is 19.7 Å². The van der Waals surface area contributed by atoms with Crippen molar-refractivity contribution in [2.24, 2.45) is 0 Å². The standard InChI is InChI=1S/C9H8O.C8H8O2/c10-8-4-7-9-5-2-1-3-6-9;1-10-8-4-2-7(6-9)3-5-8/h1-8H;2-6H,1H3. The first kappa shape index (κ1) is 15.4. The fraction of sp³-hybridized carbons (Fsp3) is 0.0588. The zero-order valence-electron chi connectivity index (χ0n) is 11.2. The molecule has 2 aromatic carbocycles. The van der Waals surface area contributed by atoms with Crippen molar-refractivity contribution < 1.29 is 14.3 Å². The van der Waals surface area contributed by atoms with E-state index < -0.39 is 0 Å². The van der Waals surface area contributed by atoms with Crippen LogP contribution in [0.1, 0.15) is 15.9 Å². The molecule has 2 aromatic rings. The summed E-state index contributed by atoms with van der Waals surface area (Å²) < 4.78 is 4.90. The second-order valence-corrected chi connectivity index (χ2v) is 3.80. The molecule has 0 saturated carbocycles. The number of methoxy groups -OCH3 is 1. The lowest BCUT2D eigenvalue weighted by atomic mass is 10.2. The molecular formula is C17H16O3. The van der Waals surface area contributed by atoms with Crippen molar-refractivity contribution in [1.82, 2.24) is 0 Å². The van der Waals surface area contributed by atoms with Crippen LogP contribution in [0, 0.1) is 0 Å². The number of carbonyl (C=O) groups is 2. The predicted octanol–water partition coefficient (Wildman–Crippen LogP) is 3.41. The molecule has 20 heavy (non-hydrogen) atoms. The molecule has 0 spiro atoms. The Morgan fingerprint density at radius 2 is 1.50 bits per heavy atom. The van der Waals surface area contributed by atoms with Crippen LogP contribution in [-0.2, 0) is 4.79 Å². The first-order valence-electron chi connectivity index (χ1n) is 6.06. The largest absolute Gasteiger partial charge is 0.497 e. The minimum Gasteiger partial charge on any atom is -0.497 e. The van der Waals surface area contributed by atoms with Crippen molar-refractivity contribution in [3.8, 4) is 5.75 Å². The number of ether oxygens (including phenoxy) is 1. The number of carbonyl (C=O) groups excluding carboxylic acids is 2. The molecule has 102 valence electrons. The van der Waals surface area contributed by atoms with Gasteiger partial charge in [-0.25, -0.2) is 0 Å². The number of hydrogen-bond acceptors (Lipinski definition) is 3. The summed E-state index contributed by atoms with van der Waals surface area (Å²) in [5.74, 6) is 0.769. The Balaban J connectivity index is 0.000000200. The van der Waals surface area contributed by atoms with Gasteiger partial charge in [0.05, 0.1) is 7.11 Å². The molecular weight excluding hydrogens is 252 g/mol. The van der Waals surface area contributed by atoms with Crippen LogP contribution in [0.15, 0.2) is 60.7 Å². The average Bonchev–Trinajstić information content (AvgIpc) is 2.54. The van der Waals surface area contributed by atoms with E-state index >= 15 is 0 Å². The van der Waals surface area contributed by atoms with E-state index in [1.165, 1.54) is 6.08 Å². The fourth-order valence-corrected chi connectivity index (χ4v) is 1.40. The van der Waals surface area contributed by atoms with Crippen molar-refractivity contribution in [1.29, 1.82) is 0 Å². The van der Waals surface area contributed by atoms with Gasteiger partial charge in [0.2, 0.25) is 0 Å². The molecule has 0 aromatic heterocycles. The van der Waals surface area contributed by atoms with Crippen LogP contribution in [0.25, 0.3) is 6.08 Å². The molecule has 3 nitrogen and oxygen atoms in total. The van der Waals surface area contributed by atoms with Crippen LogP contribution in [0.5, 0.6) is 5.75 Å². The van der Waals surface area contributed by atoms with Crippen LogP contribution in [0.4, 0.5) is 0 Å². The maximum absolute atomic E-state index is 10.2. The van der Waals surface area contributed by atoms with Crippen molar-refractivity contribution >= 4 is 18.6 Å². The normalized spacial score (nSPS) is 9.45. The summed E-state index contributed by atoms with van der Waals surface area (Å²) in [6.07, 6.45) is 4.83. The Hall–Kier alpha value is -2.68. The number of allylic oxidation sites excluding steroid dienone is 1. The molecule has 0 bridgehead atoms. The molecule has 0 N–H and O–H groups in total. The van der Waals surface area contributed by atoms with Crippen molar-refractivity contribution in [3.63, 3.8) is 0 Å². The third-order valence-corrected chi connectivity index (χ3v) is 2.42. The predicted molar refractivity (Wildman–Crippen MR) is 79.9 cm³/mol. The van der Waals surface area contributed by atoms with E-state index in [1.807, 2.05) is 30.3 Å². The minimum atomic E-state index is 0.667. The topological polar surface area (TPSA) is 43.4 Å². The first-order chi connectivity index (χ1) is 9.80. The molecule has 0 atom stereocenters. The Kier molecular flexibility index (Phi) is 7.13. The zero-order chi connectivity index (χ0) is 14.6. The summed E-state index contributed by atoms with van der Waals surface area (Å²) >= 11 is 0. The van der Waals surface area contributed by atoms with Gasteiger partial charge < -0.3 is 4.74 Å². The van der Waals surface area contributed by atoms with E-state index in [9.17, 15) is 9.59 Å². The highest BCUT2D eigenvalue weighted by Crippen LogP contribution is 2.09. The second kappa shape index (κ2) is 9.28. The molecule has 0 aliphatic carbocycles. The highest BCUT2D eigenvalue weighted by Gasteiger charge is 1.89. The van der Waals surface area contributed by atoms with Gasteiger partial charge in [-0.3, -0.25) is 9.59 Å². The number of rotatable bonds is 4. The lowest BCUT2D eigenvalue weighted by Gasteiger charge is -1.96. The van der Waals surface area contributed by atoms with Crippen LogP contribution in [0.3, 0.4) is 0 Å². The number of benzene rings is 2. The van der Waals surface area contributed by atoms with E-state index in [2.05, 4.69) is 0 Å². The molecule has 0 amide bonds. The summed E-state index contributed by atoms with van der Waals surface area (Å²) in [6, 6.07) is 16.6. The minimum absolute atomic E-state index is 0.667. The van der Waals surface area contributed by atoms with E-state index in [4.69, 9.17) is 4.74 Å². The van der Waals surface area contributed by atoms with Crippen molar-refractivity contribution in [3.05, 3.63) is 71.8 Å². The van der Waals surface area contributed by atoms with Crippen molar-refractivity contribution in [2.45, 2.75) is 0 Å². The average molecular weight is 268 g/mol. The molecule has 0 saturated heterocycles. The number of hydrogen-bond donors (Lipinski definition) is 0. The lowest BCUT2D eigenvalue weighted by Crippen LogP contribution is -1.82. The summed E-state index contributed by atoms with van der Waals surface area (Å²) in [7, 11) is 1.59. The van der Waals surface area contributed by atoms with Gasteiger partial charge in [0.15, 0.2) is 0 Å². The Bertz CT molecular complexity index is 542. The highest BCUT2D eigenvalue weighted by molar-refractivity contribution is 5.74. The summed E-state index contributed by atoms with van der Waals surface area (Å²) in [5.41, 5.74) is 1.72. The Morgan fingerprint density at radius 3 is 2.00 bits per heavy atom. The van der Waals surface area contributed by atoms with Gasteiger partial charge in [0, 0.05) is 5.56 Å². The maximum Gasteiger partial charge on any atom is 0.150 e. The molecule has 3 heteroatoms. The van der Waals surface area contributed by atoms with E-state index in [1.54, 1.807) is 37.5 Å². The SMILES string of the molecule is COc1ccc(C=O)cc1.O=CC=Cc1ccccc1. The van der Waals surface area contributed by atoms with E-state index in [0.717, 1.165) is 23.9 Å². The van der Waals surface area contributed by atoms with E-state index in [0.29, 0.717) is 5.56 Å². The van der Waals surface area contributed by atoms with Crippen LogP contribution in [0.2, 0.25) is 0 Å². The summed E-state index contributed by atoms with van der Waals surface area (Å²) in [5, 5.41) is 0. The Morgan fingerprint density at radius 1 is 0.850 bits per heavy atom. The smallest absolute Gasteiger partial charge is 0.150 e. The van der Waals surface area contributed by atoms with Gasteiger partial charge in [-0.2, -0.15) is 0 Å². The third-order valence-electron chi connectivity index (χ3n) is 2.42. The quantitative estimate of drug-likeness (QED) is 0.630. The molecule has 0 unspecified atom stereocenters. The van der Waals surface area contributed by atoms with Gasteiger partial charge in [-0.05, 0) is 35.9 Å². The highest BCUT2D eigenvalue weighted by atomic mass is 16.5. The van der Waals surface area contributed by atoms with Gasteiger partial charge in [0.1, 0.15) is 18.3 Å². The van der Waals surface area contributed by atoms with Gasteiger partial charge in [-0.15, -0.1) is 0 Å². The molecule has 0 radical (unpaired) electrons. The first-order valence-corrected chi connectivity index (χ1v) is 6.06. The summed E-state index contributed by atoms with van der Waals surface area (Å²) in [6.45, 7) is 0. The summed E-state index contributed by atoms with van der Waals surface area (Å²) in [4.78, 5) is 20.1. The van der Waals surface area contributed by atoms with Crippen LogP contribution < -0.4 is 4.74 Å². The molecule has 0 aliphatic rings. The maximum atomic E-state index is 10.2. The van der Waals surface area contributed by atoms with Crippen LogP contribution >= 0.6 is 0 Å². The number of aldehydes is 2. The lowest BCUT2D eigenvalue weighted by molar-refractivity contribution is -0.104. The van der Waals surface area contributed by atoms with Gasteiger partial charge >= 0.3 is 0 Å². The molecule has 0 heterocycles. The third kappa shape index (κ3) is 5.78. The second-order valence-electron chi connectivity index (χ2n) is 3.80. The molecule has 2 rings (SSSR count). The molecule has 0 fully saturated rings. The Labute approximate surface area is 118 Å². The molecule has 0 aliphatic heterocycles. The van der Waals surface area contributed by atoms with Gasteiger partial charge in [-0.1, -0.05) is 36.4 Å².